The van der Waals surface area contributed by atoms with Crippen LogP contribution in [-0.2, 0) is 5.75 Å². The zero-order valence-electron chi connectivity index (χ0n) is 14.0. The summed E-state index contributed by atoms with van der Waals surface area (Å²) in [4.78, 5) is 12.7. The van der Waals surface area contributed by atoms with Crippen molar-refractivity contribution in [2.45, 2.75) is 10.9 Å². The Morgan fingerprint density at radius 3 is 2.65 bits per heavy atom. The molecule has 4 nitrogen and oxygen atoms in total. The van der Waals surface area contributed by atoms with Crippen LogP contribution in [0.4, 0.5) is 0 Å². The number of fused-ring (bicyclic) bond motifs is 2. The van der Waals surface area contributed by atoms with Crippen LogP contribution in [0.25, 0.3) is 27.9 Å². The number of thioether (sulfide) groups is 1. The molecule has 5 aromatic rings. The minimum atomic E-state index is 0.815. The number of para-hydroxylation sites is 2. The van der Waals surface area contributed by atoms with Gasteiger partial charge in [-0.2, -0.15) is 0 Å². The zero-order chi connectivity index (χ0) is 17.3. The van der Waals surface area contributed by atoms with E-state index >= 15 is 0 Å². The van der Waals surface area contributed by atoms with Gasteiger partial charge in [0.25, 0.3) is 0 Å². The second-order valence-corrected chi connectivity index (χ2v) is 7.05. The molecule has 1 N–H and O–H groups in total. The second-order valence-electron chi connectivity index (χ2n) is 6.08. The first-order chi connectivity index (χ1) is 12.9. The van der Waals surface area contributed by atoms with E-state index in [1.54, 1.807) is 11.8 Å². The van der Waals surface area contributed by atoms with Gasteiger partial charge >= 0.3 is 0 Å². The van der Waals surface area contributed by atoms with Crippen LogP contribution in [0.1, 0.15) is 5.56 Å². The number of benzene rings is 2. The molecule has 0 bridgehead atoms. The third-order valence-electron chi connectivity index (χ3n) is 4.42. The Kier molecular flexibility index (Phi) is 3.72. The van der Waals surface area contributed by atoms with Crippen molar-refractivity contribution in [2.75, 3.05) is 0 Å². The SMILES string of the molecule is c1ccc(-c2cnc3c(CSc4nc5ccccc5[nH]4)cccn23)cc1. The Bertz CT molecular complexity index is 1160. The summed E-state index contributed by atoms with van der Waals surface area (Å²) in [7, 11) is 0. The Morgan fingerprint density at radius 1 is 0.923 bits per heavy atom. The number of rotatable bonds is 4. The fraction of sp³-hybridized carbons (Fsp3) is 0.0476. The maximum atomic E-state index is 4.67. The monoisotopic (exact) mass is 356 g/mol. The van der Waals surface area contributed by atoms with Crippen molar-refractivity contribution in [3.63, 3.8) is 0 Å². The molecule has 26 heavy (non-hydrogen) atoms. The molecule has 3 aromatic heterocycles. The summed E-state index contributed by atoms with van der Waals surface area (Å²) in [5.74, 6) is 0.815. The maximum absolute atomic E-state index is 4.67. The van der Waals surface area contributed by atoms with Gasteiger partial charge in [-0.25, -0.2) is 9.97 Å². The molecule has 0 fully saturated rings. The molecule has 3 heterocycles. The van der Waals surface area contributed by atoms with Crippen LogP contribution in [0.5, 0.6) is 0 Å². The Labute approximate surface area is 154 Å². The van der Waals surface area contributed by atoms with E-state index in [0.29, 0.717) is 0 Å². The lowest BCUT2D eigenvalue weighted by atomic mass is 10.2. The highest BCUT2D eigenvalue weighted by Gasteiger charge is 2.10. The van der Waals surface area contributed by atoms with Crippen LogP contribution in [0.15, 0.2) is 84.3 Å². The third kappa shape index (κ3) is 2.66. The average Bonchev–Trinajstić information content (AvgIpc) is 3.31. The highest BCUT2D eigenvalue weighted by atomic mass is 32.2. The number of pyridine rings is 1. The van der Waals surface area contributed by atoms with Gasteiger partial charge in [0, 0.05) is 23.1 Å². The summed E-state index contributed by atoms with van der Waals surface area (Å²) in [6, 6.07) is 22.7. The summed E-state index contributed by atoms with van der Waals surface area (Å²) in [6.45, 7) is 0. The van der Waals surface area contributed by atoms with Crippen molar-refractivity contribution >= 4 is 28.4 Å². The van der Waals surface area contributed by atoms with Gasteiger partial charge in [0.05, 0.1) is 22.9 Å². The largest absolute Gasteiger partial charge is 0.333 e. The fourth-order valence-electron chi connectivity index (χ4n) is 3.15. The predicted octanol–water partition coefficient (Wildman–Crippen LogP) is 5.17. The van der Waals surface area contributed by atoms with Crippen LogP contribution in [0.2, 0.25) is 0 Å². The molecule has 0 spiro atoms. The number of nitrogens with one attached hydrogen (secondary N) is 1. The molecular formula is C21H16N4S. The van der Waals surface area contributed by atoms with Crippen molar-refractivity contribution in [3.8, 4) is 11.3 Å². The van der Waals surface area contributed by atoms with Gasteiger partial charge in [0.1, 0.15) is 5.65 Å². The van der Waals surface area contributed by atoms with Crippen molar-refractivity contribution < 1.29 is 0 Å². The highest BCUT2D eigenvalue weighted by molar-refractivity contribution is 7.98. The molecule has 0 aliphatic carbocycles. The quantitative estimate of drug-likeness (QED) is 0.452. The predicted molar refractivity (Wildman–Crippen MR) is 106 cm³/mol. The number of aromatic amines is 1. The minimum absolute atomic E-state index is 0.815. The number of hydrogen-bond donors (Lipinski definition) is 1. The van der Waals surface area contributed by atoms with Gasteiger partial charge in [-0.05, 0) is 18.2 Å². The van der Waals surface area contributed by atoms with E-state index in [9.17, 15) is 0 Å². The number of H-pyrrole nitrogens is 1. The number of nitrogens with zero attached hydrogens (tertiary/aromatic N) is 3. The van der Waals surface area contributed by atoms with Crippen molar-refractivity contribution in [1.82, 2.24) is 19.4 Å². The summed E-state index contributed by atoms with van der Waals surface area (Å²) in [5, 5.41) is 0.933. The van der Waals surface area contributed by atoms with Crippen LogP contribution in [0.3, 0.4) is 0 Å². The first-order valence-electron chi connectivity index (χ1n) is 8.46. The fourth-order valence-corrected chi connectivity index (χ4v) is 4.01. The van der Waals surface area contributed by atoms with Gasteiger partial charge in [-0.15, -0.1) is 0 Å². The molecule has 0 saturated heterocycles. The Hall–Kier alpha value is -3.05. The summed E-state index contributed by atoms with van der Waals surface area (Å²) < 4.78 is 2.16. The molecule has 126 valence electrons. The van der Waals surface area contributed by atoms with Crippen LogP contribution >= 0.6 is 11.8 Å². The first-order valence-corrected chi connectivity index (χ1v) is 9.45. The van der Waals surface area contributed by atoms with E-state index in [1.165, 1.54) is 11.1 Å². The summed E-state index contributed by atoms with van der Waals surface area (Å²) in [5.41, 5.74) is 6.54. The van der Waals surface area contributed by atoms with Crippen molar-refractivity contribution in [2.24, 2.45) is 0 Å². The van der Waals surface area contributed by atoms with Crippen LogP contribution in [0, 0.1) is 0 Å². The number of aromatic nitrogens is 4. The molecule has 0 aliphatic heterocycles. The molecule has 0 aliphatic rings. The maximum Gasteiger partial charge on any atom is 0.166 e. The normalized spacial score (nSPS) is 11.4. The summed E-state index contributed by atoms with van der Waals surface area (Å²) >= 11 is 1.70. The van der Waals surface area contributed by atoms with Crippen molar-refractivity contribution in [3.05, 3.63) is 84.7 Å². The van der Waals surface area contributed by atoms with Crippen molar-refractivity contribution in [1.29, 1.82) is 0 Å². The second kappa shape index (κ2) is 6.35. The highest BCUT2D eigenvalue weighted by Crippen LogP contribution is 2.27. The van der Waals surface area contributed by atoms with Gasteiger partial charge in [-0.3, -0.25) is 4.40 Å². The summed E-state index contributed by atoms with van der Waals surface area (Å²) in [6.07, 6.45) is 4.01. The van der Waals surface area contributed by atoms with E-state index in [4.69, 9.17) is 0 Å². The standard InChI is InChI=1S/C21H16N4S/c1-2-7-15(8-3-1)19-13-22-20-16(9-6-12-25(19)20)14-26-21-23-17-10-4-5-11-18(17)24-21/h1-13H,14H2,(H,23,24). The zero-order valence-corrected chi connectivity index (χ0v) is 14.8. The molecule has 5 rings (SSSR count). The van der Waals surface area contributed by atoms with Gasteiger partial charge in [-0.1, -0.05) is 60.3 Å². The number of imidazole rings is 2. The smallest absolute Gasteiger partial charge is 0.166 e. The Morgan fingerprint density at radius 2 is 1.77 bits per heavy atom. The molecule has 0 atom stereocenters. The van der Waals surface area contributed by atoms with Gasteiger partial charge in [0.2, 0.25) is 0 Å². The molecule has 5 heteroatoms. The average molecular weight is 356 g/mol. The Balaban J connectivity index is 1.46. The number of hydrogen-bond acceptors (Lipinski definition) is 3. The lowest BCUT2D eigenvalue weighted by Gasteiger charge is -2.05. The minimum Gasteiger partial charge on any atom is -0.333 e. The van der Waals surface area contributed by atoms with E-state index in [1.807, 2.05) is 36.5 Å². The van der Waals surface area contributed by atoms with E-state index in [0.717, 1.165) is 33.3 Å². The molecule has 0 unspecified atom stereocenters. The molecule has 2 aromatic carbocycles. The van der Waals surface area contributed by atoms with Crippen LogP contribution in [-0.4, -0.2) is 19.4 Å². The van der Waals surface area contributed by atoms with E-state index < -0.39 is 0 Å². The lowest BCUT2D eigenvalue weighted by Crippen LogP contribution is -1.92. The lowest BCUT2D eigenvalue weighted by molar-refractivity contribution is 1.08. The molecular weight excluding hydrogens is 340 g/mol. The third-order valence-corrected chi connectivity index (χ3v) is 5.34. The van der Waals surface area contributed by atoms with E-state index in [-0.39, 0.29) is 0 Å². The topological polar surface area (TPSA) is 46.0 Å². The first kappa shape index (κ1) is 15.2. The van der Waals surface area contributed by atoms with Gasteiger partial charge in [0.15, 0.2) is 5.16 Å². The molecule has 0 radical (unpaired) electrons. The van der Waals surface area contributed by atoms with Crippen LogP contribution < -0.4 is 0 Å². The van der Waals surface area contributed by atoms with Gasteiger partial charge < -0.3 is 4.98 Å². The molecule has 0 amide bonds. The molecule has 0 saturated carbocycles. The van der Waals surface area contributed by atoms with E-state index in [2.05, 4.69) is 61.9 Å².